The molecule has 120 valence electrons. The van der Waals surface area contributed by atoms with Gasteiger partial charge < -0.3 is 15.8 Å². The Kier molecular flexibility index (Phi) is 6.00. The molecule has 0 saturated heterocycles. The molecule has 2 amide bonds. The average molecular weight is 333 g/mol. The number of amides is 2. The van der Waals surface area contributed by atoms with E-state index in [2.05, 4.69) is 5.32 Å². The third-order valence-electron chi connectivity index (χ3n) is 3.08. The minimum Gasteiger partial charge on any atom is -0.494 e. The fourth-order valence-corrected chi connectivity index (χ4v) is 2.17. The molecule has 0 unspecified atom stereocenters. The second-order valence-electron chi connectivity index (χ2n) is 4.87. The first-order chi connectivity index (χ1) is 11.1. The molecule has 0 spiro atoms. The Morgan fingerprint density at radius 1 is 1.13 bits per heavy atom. The summed E-state index contributed by atoms with van der Waals surface area (Å²) in [6, 6.07) is 14.0. The number of hydrogen-bond acceptors (Lipinski definition) is 3. The normalized spacial score (nSPS) is 10.1. The second-order valence-corrected chi connectivity index (χ2v) is 5.28. The molecule has 0 aromatic heterocycles. The number of halogens is 1. The standard InChI is InChI=1S/C17H17ClN2O3/c18-15-9-8-12(11-14(15)17(19)22)20-16(21)7-4-10-23-13-5-2-1-3-6-13/h1-3,5-6,8-9,11H,4,7,10H2,(H2,19,22)(H,20,21). The highest BCUT2D eigenvalue weighted by atomic mass is 35.5. The molecule has 5 nitrogen and oxygen atoms in total. The van der Waals surface area contributed by atoms with Gasteiger partial charge in [0.15, 0.2) is 0 Å². The van der Waals surface area contributed by atoms with E-state index in [1.807, 2.05) is 30.3 Å². The quantitative estimate of drug-likeness (QED) is 0.764. The van der Waals surface area contributed by atoms with E-state index < -0.39 is 5.91 Å². The molecule has 0 aliphatic carbocycles. The third kappa shape index (κ3) is 5.30. The van der Waals surface area contributed by atoms with Crippen molar-refractivity contribution in [2.75, 3.05) is 11.9 Å². The third-order valence-corrected chi connectivity index (χ3v) is 3.41. The fourth-order valence-electron chi connectivity index (χ4n) is 1.95. The van der Waals surface area contributed by atoms with Crippen LogP contribution in [0.25, 0.3) is 0 Å². The molecule has 0 saturated carbocycles. The summed E-state index contributed by atoms with van der Waals surface area (Å²) in [6.45, 7) is 0.449. The molecule has 0 aliphatic heterocycles. The first-order valence-corrected chi connectivity index (χ1v) is 7.51. The summed E-state index contributed by atoms with van der Waals surface area (Å²) < 4.78 is 5.51. The van der Waals surface area contributed by atoms with Crippen LogP contribution >= 0.6 is 11.6 Å². The summed E-state index contributed by atoms with van der Waals surface area (Å²) >= 11 is 5.86. The maximum Gasteiger partial charge on any atom is 0.250 e. The number of nitrogens with one attached hydrogen (secondary N) is 1. The summed E-state index contributed by atoms with van der Waals surface area (Å²) in [6.07, 6.45) is 0.887. The van der Waals surface area contributed by atoms with E-state index in [4.69, 9.17) is 22.1 Å². The van der Waals surface area contributed by atoms with Crippen LogP contribution in [-0.2, 0) is 4.79 Å². The topological polar surface area (TPSA) is 81.4 Å². The molecule has 2 rings (SSSR count). The van der Waals surface area contributed by atoms with Crippen LogP contribution in [0.1, 0.15) is 23.2 Å². The lowest BCUT2D eigenvalue weighted by Gasteiger charge is -2.08. The van der Waals surface area contributed by atoms with E-state index in [1.165, 1.54) is 12.1 Å². The van der Waals surface area contributed by atoms with Crippen LogP contribution in [0.15, 0.2) is 48.5 Å². The molecule has 0 heterocycles. The van der Waals surface area contributed by atoms with Gasteiger partial charge in [0.25, 0.3) is 0 Å². The van der Waals surface area contributed by atoms with Gasteiger partial charge in [0.05, 0.1) is 17.2 Å². The van der Waals surface area contributed by atoms with Crippen LogP contribution in [0.4, 0.5) is 5.69 Å². The number of rotatable bonds is 7. The predicted molar refractivity (Wildman–Crippen MR) is 89.8 cm³/mol. The van der Waals surface area contributed by atoms with Crippen molar-refractivity contribution in [2.45, 2.75) is 12.8 Å². The number of benzene rings is 2. The summed E-state index contributed by atoms with van der Waals surface area (Å²) in [7, 11) is 0. The van der Waals surface area contributed by atoms with Crippen LogP contribution in [-0.4, -0.2) is 18.4 Å². The SMILES string of the molecule is NC(=O)c1cc(NC(=O)CCCOc2ccccc2)ccc1Cl. The van der Waals surface area contributed by atoms with Crippen LogP contribution in [0.3, 0.4) is 0 Å². The van der Waals surface area contributed by atoms with Crippen molar-refractivity contribution in [1.29, 1.82) is 0 Å². The molecule has 0 bridgehead atoms. The van der Waals surface area contributed by atoms with Gasteiger partial charge in [-0.3, -0.25) is 9.59 Å². The van der Waals surface area contributed by atoms with Gasteiger partial charge in [-0.05, 0) is 36.8 Å². The van der Waals surface area contributed by atoms with Gasteiger partial charge in [0, 0.05) is 12.1 Å². The molecular weight excluding hydrogens is 316 g/mol. The molecule has 2 aromatic carbocycles. The van der Waals surface area contributed by atoms with Gasteiger partial charge in [-0.1, -0.05) is 29.8 Å². The Hall–Kier alpha value is -2.53. The summed E-state index contributed by atoms with van der Waals surface area (Å²) in [5.41, 5.74) is 5.88. The fraction of sp³-hybridized carbons (Fsp3) is 0.176. The summed E-state index contributed by atoms with van der Waals surface area (Å²) in [5.74, 6) is -0.0292. The molecule has 0 radical (unpaired) electrons. The van der Waals surface area contributed by atoms with Crippen molar-refractivity contribution in [3.8, 4) is 5.75 Å². The van der Waals surface area contributed by atoms with Crippen LogP contribution in [0.5, 0.6) is 5.75 Å². The van der Waals surface area contributed by atoms with Gasteiger partial charge in [-0.25, -0.2) is 0 Å². The maximum absolute atomic E-state index is 11.9. The number of anilines is 1. The number of para-hydroxylation sites is 1. The maximum atomic E-state index is 11.9. The number of nitrogens with two attached hydrogens (primary N) is 1. The van der Waals surface area contributed by atoms with Crippen LogP contribution in [0, 0.1) is 0 Å². The predicted octanol–water partition coefficient (Wildman–Crippen LogP) is 3.24. The van der Waals surface area contributed by atoms with Crippen molar-refractivity contribution in [3.05, 3.63) is 59.1 Å². The van der Waals surface area contributed by atoms with Gasteiger partial charge >= 0.3 is 0 Å². The number of carbonyl (C=O) groups is 2. The van der Waals surface area contributed by atoms with Crippen LogP contribution < -0.4 is 15.8 Å². The number of primary amides is 1. The smallest absolute Gasteiger partial charge is 0.250 e. The van der Waals surface area contributed by atoms with Gasteiger partial charge in [0.1, 0.15) is 5.75 Å². The molecule has 6 heteroatoms. The van der Waals surface area contributed by atoms with E-state index >= 15 is 0 Å². The Labute approximate surface area is 139 Å². The van der Waals surface area contributed by atoms with Crippen molar-refractivity contribution in [3.63, 3.8) is 0 Å². The Morgan fingerprint density at radius 3 is 2.57 bits per heavy atom. The van der Waals surface area contributed by atoms with Crippen LogP contribution in [0.2, 0.25) is 5.02 Å². The van der Waals surface area contributed by atoms with Crippen molar-refractivity contribution >= 4 is 29.1 Å². The second kappa shape index (κ2) is 8.19. The van der Waals surface area contributed by atoms with Gasteiger partial charge in [0.2, 0.25) is 11.8 Å². The molecule has 0 fully saturated rings. The molecular formula is C17H17ClN2O3. The van der Waals surface area contributed by atoms with Gasteiger partial charge in [-0.15, -0.1) is 0 Å². The monoisotopic (exact) mass is 332 g/mol. The molecule has 2 aromatic rings. The highest BCUT2D eigenvalue weighted by molar-refractivity contribution is 6.33. The number of ether oxygens (including phenoxy) is 1. The lowest BCUT2D eigenvalue weighted by atomic mass is 10.2. The Morgan fingerprint density at radius 2 is 1.87 bits per heavy atom. The highest BCUT2D eigenvalue weighted by Crippen LogP contribution is 2.20. The number of hydrogen-bond donors (Lipinski definition) is 2. The zero-order valence-electron chi connectivity index (χ0n) is 12.4. The molecule has 23 heavy (non-hydrogen) atoms. The molecule has 3 N–H and O–H groups in total. The average Bonchev–Trinajstić information content (AvgIpc) is 2.54. The minimum atomic E-state index is -0.637. The summed E-state index contributed by atoms with van der Waals surface area (Å²) in [4.78, 5) is 23.1. The van der Waals surface area contributed by atoms with Crippen molar-refractivity contribution in [2.24, 2.45) is 5.73 Å². The highest BCUT2D eigenvalue weighted by Gasteiger charge is 2.09. The van der Waals surface area contributed by atoms with E-state index in [1.54, 1.807) is 6.07 Å². The van der Waals surface area contributed by atoms with E-state index in [-0.39, 0.29) is 16.5 Å². The Bertz CT molecular complexity index is 689. The van der Waals surface area contributed by atoms with E-state index in [9.17, 15) is 9.59 Å². The Balaban J connectivity index is 1.79. The lowest BCUT2D eigenvalue weighted by Crippen LogP contribution is -2.15. The zero-order chi connectivity index (χ0) is 16.7. The molecule has 0 aliphatic rings. The van der Waals surface area contributed by atoms with Gasteiger partial charge in [-0.2, -0.15) is 0 Å². The summed E-state index contributed by atoms with van der Waals surface area (Å²) in [5, 5.41) is 2.96. The molecule has 0 atom stereocenters. The van der Waals surface area contributed by atoms with E-state index in [0.717, 1.165) is 5.75 Å². The lowest BCUT2D eigenvalue weighted by molar-refractivity contribution is -0.116. The largest absolute Gasteiger partial charge is 0.494 e. The first-order valence-electron chi connectivity index (χ1n) is 7.13. The first kappa shape index (κ1) is 16.8. The van der Waals surface area contributed by atoms with Crippen molar-refractivity contribution in [1.82, 2.24) is 0 Å². The minimum absolute atomic E-state index is 0.167. The van der Waals surface area contributed by atoms with E-state index in [0.29, 0.717) is 25.1 Å². The number of carbonyl (C=O) groups excluding carboxylic acids is 2. The zero-order valence-corrected chi connectivity index (χ0v) is 13.2. The van der Waals surface area contributed by atoms with Crippen molar-refractivity contribution < 1.29 is 14.3 Å².